The van der Waals surface area contributed by atoms with Crippen LogP contribution in [0.2, 0.25) is 0 Å². The average Bonchev–Trinajstić information content (AvgIpc) is 3.09. The van der Waals surface area contributed by atoms with Crippen molar-refractivity contribution in [3.63, 3.8) is 0 Å². The first-order chi connectivity index (χ1) is 8.20. The molecule has 0 aliphatic heterocycles. The number of benzene rings is 1. The summed E-state index contributed by atoms with van der Waals surface area (Å²) in [5.74, 6) is 1.68. The van der Waals surface area contributed by atoms with Crippen LogP contribution < -0.4 is 0 Å². The molecule has 3 rings (SSSR count). The summed E-state index contributed by atoms with van der Waals surface area (Å²) < 4.78 is 15.4. The molecule has 17 heavy (non-hydrogen) atoms. The lowest BCUT2D eigenvalue weighted by molar-refractivity contribution is 0.485. The highest BCUT2D eigenvalue weighted by Gasteiger charge is 2.31. The Morgan fingerprint density at radius 3 is 2.94 bits per heavy atom. The number of rotatable bonds is 3. The predicted molar refractivity (Wildman–Crippen MR) is 66.7 cm³/mol. The third-order valence-corrected chi connectivity index (χ3v) is 3.79. The topological polar surface area (TPSA) is 17.8 Å². The largest absolute Gasteiger partial charge is 0.324 e. The van der Waals surface area contributed by atoms with Gasteiger partial charge in [-0.05, 0) is 43.9 Å². The van der Waals surface area contributed by atoms with E-state index >= 15 is 0 Å². The molecule has 1 saturated carbocycles. The van der Waals surface area contributed by atoms with E-state index < -0.39 is 0 Å². The van der Waals surface area contributed by atoms with Crippen molar-refractivity contribution < 1.29 is 4.39 Å². The normalized spacial score (nSPS) is 17.6. The maximum absolute atomic E-state index is 13.3. The van der Waals surface area contributed by atoms with Crippen LogP contribution in [-0.2, 0) is 5.88 Å². The summed E-state index contributed by atoms with van der Waals surface area (Å²) in [6.45, 7) is 2.17. The van der Waals surface area contributed by atoms with Gasteiger partial charge in [-0.1, -0.05) is 0 Å². The monoisotopic (exact) mass is 252 g/mol. The van der Waals surface area contributed by atoms with Gasteiger partial charge in [-0.25, -0.2) is 9.37 Å². The number of hydrogen-bond donors (Lipinski definition) is 0. The minimum Gasteiger partial charge on any atom is -0.324 e. The second-order valence-electron chi connectivity index (χ2n) is 4.74. The van der Waals surface area contributed by atoms with Gasteiger partial charge in [0.05, 0.1) is 16.9 Å². The highest BCUT2D eigenvalue weighted by atomic mass is 35.5. The second kappa shape index (κ2) is 3.98. The summed E-state index contributed by atoms with van der Waals surface area (Å²) >= 11 is 5.94. The Morgan fingerprint density at radius 2 is 2.29 bits per heavy atom. The van der Waals surface area contributed by atoms with E-state index in [0.29, 0.717) is 17.8 Å². The SMILES string of the molecule is CC(C1CC1)n1c(CCl)nc2ccc(F)cc21. The van der Waals surface area contributed by atoms with Gasteiger partial charge in [0.1, 0.15) is 11.6 Å². The van der Waals surface area contributed by atoms with Gasteiger partial charge in [0, 0.05) is 6.04 Å². The molecule has 2 nitrogen and oxygen atoms in total. The number of hydrogen-bond acceptors (Lipinski definition) is 1. The van der Waals surface area contributed by atoms with Gasteiger partial charge < -0.3 is 4.57 Å². The van der Waals surface area contributed by atoms with Gasteiger partial charge in [0.2, 0.25) is 0 Å². The van der Waals surface area contributed by atoms with Gasteiger partial charge in [0.25, 0.3) is 0 Å². The smallest absolute Gasteiger partial charge is 0.125 e. The van der Waals surface area contributed by atoms with E-state index in [1.165, 1.54) is 18.9 Å². The molecule has 90 valence electrons. The summed E-state index contributed by atoms with van der Waals surface area (Å²) in [7, 11) is 0. The van der Waals surface area contributed by atoms with Crippen molar-refractivity contribution in [1.82, 2.24) is 9.55 Å². The van der Waals surface area contributed by atoms with Crippen molar-refractivity contribution in [2.45, 2.75) is 31.7 Å². The molecule has 1 aliphatic rings. The standard InChI is InChI=1S/C13H14ClFN2/c1-8(9-2-3-9)17-12-6-10(15)4-5-11(12)16-13(17)7-14/h4-6,8-9H,2-3,7H2,1H3. The molecule has 0 bridgehead atoms. The molecular weight excluding hydrogens is 239 g/mol. The minimum absolute atomic E-state index is 0.220. The van der Waals surface area contributed by atoms with Crippen molar-refractivity contribution in [3.05, 3.63) is 29.8 Å². The van der Waals surface area contributed by atoms with E-state index in [-0.39, 0.29) is 5.82 Å². The molecule has 1 unspecified atom stereocenters. The molecule has 1 heterocycles. The molecule has 1 aromatic carbocycles. The van der Waals surface area contributed by atoms with Crippen LogP contribution in [0.1, 0.15) is 31.6 Å². The third-order valence-electron chi connectivity index (χ3n) is 3.56. The van der Waals surface area contributed by atoms with Crippen molar-refractivity contribution >= 4 is 22.6 Å². The van der Waals surface area contributed by atoms with Crippen LogP contribution in [0.15, 0.2) is 18.2 Å². The Hall–Kier alpha value is -1.09. The molecule has 1 atom stereocenters. The quantitative estimate of drug-likeness (QED) is 0.758. The number of imidazole rings is 1. The first-order valence-corrected chi connectivity index (χ1v) is 6.46. The molecule has 0 spiro atoms. The van der Waals surface area contributed by atoms with E-state index in [2.05, 4.69) is 16.5 Å². The Morgan fingerprint density at radius 1 is 1.53 bits per heavy atom. The third kappa shape index (κ3) is 1.82. The van der Waals surface area contributed by atoms with Gasteiger partial charge in [-0.2, -0.15) is 0 Å². The lowest BCUT2D eigenvalue weighted by Gasteiger charge is -2.16. The van der Waals surface area contributed by atoms with Crippen LogP contribution in [0.5, 0.6) is 0 Å². The maximum atomic E-state index is 13.3. The van der Waals surface area contributed by atoms with Crippen LogP contribution >= 0.6 is 11.6 Å². The Kier molecular flexibility index (Phi) is 2.58. The van der Waals surface area contributed by atoms with Crippen LogP contribution in [0, 0.1) is 11.7 Å². The van der Waals surface area contributed by atoms with Crippen LogP contribution in [0.4, 0.5) is 4.39 Å². The molecule has 0 saturated heterocycles. The zero-order valence-electron chi connectivity index (χ0n) is 9.66. The predicted octanol–water partition coefficient (Wildman–Crippen LogP) is 3.89. The molecule has 0 amide bonds. The summed E-state index contributed by atoms with van der Waals surface area (Å²) in [5.41, 5.74) is 1.69. The summed E-state index contributed by atoms with van der Waals surface area (Å²) in [6.07, 6.45) is 2.50. The van der Waals surface area contributed by atoms with Crippen LogP contribution in [0.3, 0.4) is 0 Å². The summed E-state index contributed by atoms with van der Waals surface area (Å²) in [4.78, 5) is 4.47. The highest BCUT2D eigenvalue weighted by molar-refractivity contribution is 6.16. The molecular formula is C13H14ClFN2. The van der Waals surface area contributed by atoms with E-state index in [4.69, 9.17) is 11.6 Å². The molecule has 1 aromatic heterocycles. The van der Waals surface area contributed by atoms with Crippen molar-refractivity contribution in [2.75, 3.05) is 0 Å². The molecule has 2 aromatic rings. The number of fused-ring (bicyclic) bond motifs is 1. The maximum Gasteiger partial charge on any atom is 0.125 e. The summed E-state index contributed by atoms with van der Waals surface area (Å²) in [5, 5.41) is 0. The second-order valence-corrected chi connectivity index (χ2v) is 5.01. The molecule has 0 N–H and O–H groups in total. The van der Waals surface area contributed by atoms with Crippen LogP contribution in [-0.4, -0.2) is 9.55 Å². The van der Waals surface area contributed by atoms with Gasteiger partial charge >= 0.3 is 0 Å². The van der Waals surface area contributed by atoms with Gasteiger partial charge in [-0.15, -0.1) is 11.6 Å². The Labute approximate surface area is 104 Å². The highest BCUT2D eigenvalue weighted by Crippen LogP contribution is 2.41. The number of aromatic nitrogens is 2. The lowest BCUT2D eigenvalue weighted by atomic mass is 10.2. The van der Waals surface area contributed by atoms with Crippen molar-refractivity contribution in [3.8, 4) is 0 Å². The fourth-order valence-electron chi connectivity index (χ4n) is 2.45. The molecule has 4 heteroatoms. The molecule has 1 aliphatic carbocycles. The zero-order valence-corrected chi connectivity index (χ0v) is 10.4. The molecule has 1 fully saturated rings. The van der Waals surface area contributed by atoms with Gasteiger partial charge in [0.15, 0.2) is 0 Å². The van der Waals surface area contributed by atoms with E-state index in [1.54, 1.807) is 12.1 Å². The van der Waals surface area contributed by atoms with Gasteiger partial charge in [-0.3, -0.25) is 0 Å². The van der Waals surface area contributed by atoms with Crippen LogP contribution in [0.25, 0.3) is 11.0 Å². The number of alkyl halides is 1. The first kappa shape index (κ1) is 11.0. The minimum atomic E-state index is -0.220. The fourth-order valence-corrected chi connectivity index (χ4v) is 2.64. The first-order valence-electron chi connectivity index (χ1n) is 5.93. The summed E-state index contributed by atoms with van der Waals surface area (Å²) in [6, 6.07) is 5.07. The lowest BCUT2D eigenvalue weighted by Crippen LogP contribution is -2.10. The Bertz CT molecular complexity index is 560. The van der Waals surface area contributed by atoms with E-state index in [0.717, 1.165) is 16.9 Å². The zero-order chi connectivity index (χ0) is 12.0. The van der Waals surface area contributed by atoms with E-state index in [9.17, 15) is 4.39 Å². The van der Waals surface area contributed by atoms with Crippen molar-refractivity contribution in [2.24, 2.45) is 5.92 Å². The average molecular weight is 253 g/mol. The number of halogens is 2. The van der Waals surface area contributed by atoms with Crippen molar-refractivity contribution in [1.29, 1.82) is 0 Å². The molecule has 0 radical (unpaired) electrons. The Balaban J connectivity index is 2.20. The fraction of sp³-hybridized carbons (Fsp3) is 0.462. The number of nitrogens with zero attached hydrogens (tertiary/aromatic N) is 2. The van der Waals surface area contributed by atoms with E-state index in [1.807, 2.05) is 0 Å².